The van der Waals surface area contributed by atoms with Crippen molar-refractivity contribution in [2.75, 3.05) is 0 Å². The molecule has 0 bridgehead atoms. The van der Waals surface area contributed by atoms with E-state index in [9.17, 15) is 14.3 Å². The third-order valence-electron chi connectivity index (χ3n) is 4.49. The van der Waals surface area contributed by atoms with Crippen LogP contribution in [0.15, 0.2) is 36.4 Å². The molecule has 1 aliphatic heterocycles. The molecule has 1 aliphatic rings. The van der Waals surface area contributed by atoms with Gasteiger partial charge in [0.25, 0.3) is 0 Å². The van der Waals surface area contributed by atoms with E-state index >= 15 is 0 Å². The minimum atomic E-state index is -0.684. The van der Waals surface area contributed by atoms with E-state index in [1.54, 1.807) is 25.1 Å². The van der Waals surface area contributed by atoms with Crippen molar-refractivity contribution in [1.29, 1.82) is 0 Å². The molecule has 5 heteroatoms. The van der Waals surface area contributed by atoms with Gasteiger partial charge >= 0.3 is 5.97 Å². The average molecular weight is 375 g/mol. The Labute approximate surface area is 157 Å². The largest absolute Gasteiger partial charge is 0.458 e. The summed E-state index contributed by atoms with van der Waals surface area (Å²) >= 11 is 6.23. The summed E-state index contributed by atoms with van der Waals surface area (Å²) < 4.78 is 18.9. The van der Waals surface area contributed by atoms with Crippen molar-refractivity contribution in [2.24, 2.45) is 0 Å². The van der Waals surface area contributed by atoms with Crippen LogP contribution in [0.2, 0.25) is 5.02 Å². The second-order valence-corrected chi connectivity index (χ2v) is 7.07. The first-order valence-electron chi connectivity index (χ1n) is 8.46. The predicted molar refractivity (Wildman–Crippen MR) is 100 cm³/mol. The summed E-state index contributed by atoms with van der Waals surface area (Å²) in [7, 11) is 0. The predicted octanol–water partition coefficient (Wildman–Crippen LogP) is 4.84. The van der Waals surface area contributed by atoms with Crippen molar-refractivity contribution < 1.29 is 19.0 Å². The molecule has 136 valence electrons. The number of aliphatic hydroxyl groups is 1. The number of hydrogen-bond acceptors (Lipinski definition) is 3. The first-order chi connectivity index (χ1) is 12.3. The fourth-order valence-electron chi connectivity index (χ4n) is 3.16. The fraction of sp³-hybridized carbons (Fsp3) is 0.286. The average Bonchev–Trinajstić information content (AvgIpc) is 2.55. The quantitative estimate of drug-likeness (QED) is 0.782. The first-order valence-corrected chi connectivity index (χ1v) is 8.83. The van der Waals surface area contributed by atoms with E-state index in [0.717, 1.165) is 22.3 Å². The summed E-state index contributed by atoms with van der Waals surface area (Å²) in [5.41, 5.74) is 4.15. The molecule has 3 rings (SSSR count). The Kier molecular flexibility index (Phi) is 5.44. The normalized spacial score (nSPS) is 20.4. The molecule has 2 aromatic carbocycles. The second kappa shape index (κ2) is 7.60. The van der Waals surface area contributed by atoms with Crippen molar-refractivity contribution >= 4 is 23.6 Å². The topological polar surface area (TPSA) is 46.5 Å². The van der Waals surface area contributed by atoms with E-state index in [2.05, 4.69) is 0 Å². The van der Waals surface area contributed by atoms with Gasteiger partial charge in [-0.1, -0.05) is 23.7 Å². The molecule has 0 spiro atoms. The van der Waals surface area contributed by atoms with Crippen LogP contribution in [0.25, 0.3) is 17.2 Å². The molecule has 0 aliphatic carbocycles. The lowest BCUT2D eigenvalue weighted by Crippen LogP contribution is -2.31. The zero-order valence-corrected chi connectivity index (χ0v) is 15.4. The number of cyclic esters (lactones) is 1. The van der Waals surface area contributed by atoms with Crippen LogP contribution in [0.1, 0.15) is 29.5 Å². The highest BCUT2D eigenvalue weighted by Gasteiger charge is 2.25. The number of esters is 1. The molecule has 0 saturated carbocycles. The lowest BCUT2D eigenvalue weighted by molar-refractivity contribution is -0.156. The summed E-state index contributed by atoms with van der Waals surface area (Å²) in [5, 5.41) is 10.3. The van der Waals surface area contributed by atoms with E-state index in [1.807, 2.05) is 25.1 Å². The Hall–Kier alpha value is -2.17. The van der Waals surface area contributed by atoms with E-state index in [-0.39, 0.29) is 12.2 Å². The molecule has 3 nitrogen and oxygen atoms in total. The molecule has 26 heavy (non-hydrogen) atoms. The Bertz CT molecular complexity index is 876. The third-order valence-corrected chi connectivity index (χ3v) is 4.71. The minimum Gasteiger partial charge on any atom is -0.458 e. The van der Waals surface area contributed by atoms with E-state index in [0.29, 0.717) is 17.0 Å². The van der Waals surface area contributed by atoms with Crippen LogP contribution in [0.3, 0.4) is 0 Å². The van der Waals surface area contributed by atoms with Crippen LogP contribution < -0.4 is 0 Å². The number of ether oxygens (including phenoxy) is 1. The van der Waals surface area contributed by atoms with E-state index in [1.165, 1.54) is 6.07 Å². The van der Waals surface area contributed by atoms with Gasteiger partial charge < -0.3 is 9.84 Å². The number of hydrogen-bond donors (Lipinski definition) is 1. The summed E-state index contributed by atoms with van der Waals surface area (Å²) in [6.07, 6.45) is 2.90. The zero-order chi connectivity index (χ0) is 18.8. The lowest BCUT2D eigenvalue weighted by Gasteiger charge is -2.23. The molecule has 2 atom stereocenters. The SMILES string of the molecule is Cc1cc(-c2cc(Cl)cc(C)c2/C=C/C2CC(O)CC(=O)O2)ccc1F. The van der Waals surface area contributed by atoms with Crippen LogP contribution in [0, 0.1) is 19.7 Å². The summed E-state index contributed by atoms with van der Waals surface area (Å²) in [6, 6.07) is 8.62. The lowest BCUT2D eigenvalue weighted by atomic mass is 9.94. The van der Waals surface area contributed by atoms with Gasteiger partial charge in [0, 0.05) is 11.4 Å². The Morgan fingerprint density at radius 3 is 2.69 bits per heavy atom. The molecule has 1 fully saturated rings. The molecule has 0 amide bonds. The van der Waals surface area contributed by atoms with Crippen molar-refractivity contribution in [2.45, 2.75) is 38.9 Å². The number of carbonyl (C=O) groups is 1. The molecule has 2 unspecified atom stereocenters. The summed E-state index contributed by atoms with van der Waals surface area (Å²) in [6.45, 7) is 3.65. The Balaban J connectivity index is 1.99. The van der Waals surface area contributed by atoms with Crippen LogP contribution in [0.5, 0.6) is 0 Å². The molecule has 1 heterocycles. The summed E-state index contributed by atoms with van der Waals surface area (Å²) in [4.78, 5) is 11.5. The highest BCUT2D eigenvalue weighted by atomic mass is 35.5. The number of aliphatic hydroxyl groups excluding tert-OH is 1. The van der Waals surface area contributed by atoms with Gasteiger partial charge in [0.15, 0.2) is 0 Å². The number of rotatable bonds is 3. The zero-order valence-electron chi connectivity index (χ0n) is 14.6. The van der Waals surface area contributed by atoms with E-state index < -0.39 is 18.2 Å². The molecule has 1 N–H and O–H groups in total. The van der Waals surface area contributed by atoms with Gasteiger partial charge in [0.1, 0.15) is 11.9 Å². The Morgan fingerprint density at radius 1 is 1.23 bits per heavy atom. The smallest absolute Gasteiger partial charge is 0.309 e. The van der Waals surface area contributed by atoms with Crippen molar-refractivity contribution in [1.82, 2.24) is 0 Å². The highest BCUT2D eigenvalue weighted by Crippen LogP contribution is 2.32. The van der Waals surface area contributed by atoms with Gasteiger partial charge in [-0.15, -0.1) is 0 Å². The van der Waals surface area contributed by atoms with Crippen LogP contribution >= 0.6 is 11.6 Å². The fourth-order valence-corrected chi connectivity index (χ4v) is 3.43. The third kappa shape index (κ3) is 4.14. The maximum absolute atomic E-state index is 13.6. The van der Waals surface area contributed by atoms with Gasteiger partial charge in [-0.25, -0.2) is 4.39 Å². The van der Waals surface area contributed by atoms with Gasteiger partial charge in [0.05, 0.1) is 12.5 Å². The van der Waals surface area contributed by atoms with Crippen molar-refractivity contribution in [3.05, 3.63) is 63.9 Å². The number of aryl methyl sites for hydroxylation is 2. The van der Waals surface area contributed by atoms with Crippen LogP contribution in [-0.4, -0.2) is 23.3 Å². The monoisotopic (exact) mass is 374 g/mol. The van der Waals surface area contributed by atoms with Crippen molar-refractivity contribution in [3.63, 3.8) is 0 Å². The van der Waals surface area contributed by atoms with Crippen molar-refractivity contribution in [3.8, 4) is 11.1 Å². The highest BCUT2D eigenvalue weighted by molar-refractivity contribution is 6.31. The molecule has 0 aromatic heterocycles. The minimum absolute atomic E-state index is 0.0322. The van der Waals surface area contributed by atoms with Gasteiger partial charge in [-0.2, -0.15) is 0 Å². The molecule has 2 aromatic rings. The van der Waals surface area contributed by atoms with Crippen LogP contribution in [-0.2, 0) is 9.53 Å². The molecule has 1 saturated heterocycles. The van der Waals surface area contributed by atoms with Gasteiger partial charge in [0.2, 0.25) is 0 Å². The molecular weight excluding hydrogens is 355 g/mol. The van der Waals surface area contributed by atoms with Gasteiger partial charge in [-0.05, 0) is 72.0 Å². The maximum Gasteiger partial charge on any atom is 0.309 e. The maximum atomic E-state index is 13.6. The van der Waals surface area contributed by atoms with Gasteiger partial charge in [-0.3, -0.25) is 4.79 Å². The molecular formula is C21H20ClFO3. The summed E-state index contributed by atoms with van der Waals surface area (Å²) in [5.74, 6) is -0.659. The number of benzene rings is 2. The second-order valence-electron chi connectivity index (χ2n) is 6.63. The molecule has 0 radical (unpaired) electrons. The number of carbonyl (C=O) groups excluding carboxylic acids is 1. The number of halogens is 2. The standard InChI is InChI=1S/C21H20ClFO3/c1-12-8-15(22)9-19(14-3-6-20(23)13(2)7-14)18(12)5-4-17-10-16(24)11-21(25)26-17/h3-9,16-17,24H,10-11H2,1-2H3/b5-4+. The first kappa shape index (κ1) is 18.6. The Morgan fingerprint density at radius 2 is 2.00 bits per heavy atom. The van der Waals surface area contributed by atoms with E-state index in [4.69, 9.17) is 16.3 Å². The van der Waals surface area contributed by atoms with Crippen LogP contribution in [0.4, 0.5) is 4.39 Å².